The minimum atomic E-state index is 0.536. The van der Waals surface area contributed by atoms with Crippen LogP contribution in [0, 0.1) is 5.92 Å². The summed E-state index contributed by atoms with van der Waals surface area (Å²) >= 11 is 0. The van der Waals surface area contributed by atoms with Crippen molar-refractivity contribution in [3.63, 3.8) is 0 Å². The molecule has 19 heavy (non-hydrogen) atoms. The van der Waals surface area contributed by atoms with Gasteiger partial charge in [-0.05, 0) is 12.3 Å². The topological polar surface area (TPSA) is 56.1 Å². The largest absolute Gasteiger partial charge is 0.384 e. The quantitative estimate of drug-likeness (QED) is 0.790. The molecule has 2 aromatic rings. The number of hydrogen-bond acceptors (Lipinski definition) is 5. The fourth-order valence-corrected chi connectivity index (χ4v) is 2.10. The summed E-state index contributed by atoms with van der Waals surface area (Å²) in [5, 5.41) is 0. The van der Waals surface area contributed by atoms with Gasteiger partial charge in [-0.25, -0.2) is 15.0 Å². The third-order valence-electron chi connectivity index (χ3n) is 3.25. The molecular formula is C13H21N5O. The van der Waals surface area contributed by atoms with Gasteiger partial charge in [-0.3, -0.25) is 0 Å². The summed E-state index contributed by atoms with van der Waals surface area (Å²) in [6.45, 7) is 3.90. The SMILES string of the molecule is COCC(C)CCN(C)c1ncnc2c1ncn2C. The zero-order chi connectivity index (χ0) is 13.8. The van der Waals surface area contributed by atoms with E-state index in [4.69, 9.17) is 4.74 Å². The van der Waals surface area contributed by atoms with Crippen molar-refractivity contribution in [2.24, 2.45) is 13.0 Å². The number of aryl methyl sites for hydroxylation is 1. The number of fused-ring (bicyclic) bond motifs is 1. The van der Waals surface area contributed by atoms with Gasteiger partial charge in [-0.1, -0.05) is 6.92 Å². The van der Waals surface area contributed by atoms with Crippen molar-refractivity contribution in [2.75, 3.05) is 32.2 Å². The van der Waals surface area contributed by atoms with Crippen LogP contribution >= 0.6 is 0 Å². The minimum absolute atomic E-state index is 0.536. The van der Waals surface area contributed by atoms with E-state index in [9.17, 15) is 0 Å². The van der Waals surface area contributed by atoms with Gasteiger partial charge in [-0.15, -0.1) is 0 Å². The summed E-state index contributed by atoms with van der Waals surface area (Å²) in [7, 11) is 5.71. The van der Waals surface area contributed by atoms with Gasteiger partial charge in [0, 0.05) is 34.4 Å². The summed E-state index contributed by atoms with van der Waals surface area (Å²) in [4.78, 5) is 15.1. The molecule has 0 aromatic carbocycles. The lowest BCUT2D eigenvalue weighted by atomic mass is 10.1. The van der Waals surface area contributed by atoms with E-state index in [0.717, 1.165) is 36.6 Å². The van der Waals surface area contributed by atoms with E-state index in [0.29, 0.717) is 5.92 Å². The third kappa shape index (κ3) is 3.01. The molecule has 2 heterocycles. The van der Waals surface area contributed by atoms with Crippen molar-refractivity contribution < 1.29 is 4.74 Å². The molecule has 0 N–H and O–H groups in total. The molecule has 0 saturated heterocycles. The number of methoxy groups -OCH3 is 1. The highest BCUT2D eigenvalue weighted by molar-refractivity contribution is 5.83. The summed E-state index contributed by atoms with van der Waals surface area (Å²) in [6, 6.07) is 0. The van der Waals surface area contributed by atoms with Crippen molar-refractivity contribution in [1.29, 1.82) is 0 Å². The number of ether oxygens (including phenoxy) is 1. The monoisotopic (exact) mass is 263 g/mol. The van der Waals surface area contributed by atoms with Crippen molar-refractivity contribution in [3.05, 3.63) is 12.7 Å². The Balaban J connectivity index is 2.11. The van der Waals surface area contributed by atoms with E-state index >= 15 is 0 Å². The van der Waals surface area contributed by atoms with Gasteiger partial charge in [0.05, 0.1) is 6.33 Å². The fourth-order valence-electron chi connectivity index (χ4n) is 2.10. The van der Waals surface area contributed by atoms with Gasteiger partial charge in [0.2, 0.25) is 0 Å². The molecule has 0 aliphatic heterocycles. The lowest BCUT2D eigenvalue weighted by molar-refractivity contribution is 0.156. The van der Waals surface area contributed by atoms with Crippen LogP contribution in [0.3, 0.4) is 0 Å². The van der Waals surface area contributed by atoms with Crippen LogP contribution < -0.4 is 4.90 Å². The van der Waals surface area contributed by atoms with Gasteiger partial charge in [0.25, 0.3) is 0 Å². The summed E-state index contributed by atoms with van der Waals surface area (Å²) in [5.41, 5.74) is 1.72. The van der Waals surface area contributed by atoms with Gasteiger partial charge < -0.3 is 14.2 Å². The molecule has 0 fully saturated rings. The number of rotatable bonds is 6. The van der Waals surface area contributed by atoms with Crippen LogP contribution in [0.25, 0.3) is 11.2 Å². The lowest BCUT2D eigenvalue weighted by Crippen LogP contribution is -2.23. The molecule has 0 aliphatic carbocycles. The average molecular weight is 263 g/mol. The molecule has 2 aromatic heterocycles. The highest BCUT2D eigenvalue weighted by atomic mass is 16.5. The smallest absolute Gasteiger partial charge is 0.165 e. The molecule has 6 nitrogen and oxygen atoms in total. The van der Waals surface area contributed by atoms with E-state index in [1.807, 2.05) is 18.7 Å². The van der Waals surface area contributed by atoms with Crippen molar-refractivity contribution >= 4 is 17.0 Å². The number of nitrogens with zero attached hydrogens (tertiary/aromatic N) is 5. The number of hydrogen-bond donors (Lipinski definition) is 0. The second-order valence-corrected chi connectivity index (χ2v) is 5.00. The lowest BCUT2D eigenvalue weighted by Gasteiger charge is -2.20. The van der Waals surface area contributed by atoms with Crippen LogP contribution in [0.4, 0.5) is 5.82 Å². The Labute approximate surface area is 113 Å². The molecule has 0 spiro atoms. The highest BCUT2D eigenvalue weighted by Crippen LogP contribution is 2.20. The first kappa shape index (κ1) is 13.7. The van der Waals surface area contributed by atoms with Crippen LogP contribution in [-0.4, -0.2) is 46.8 Å². The predicted octanol–water partition coefficient (Wildman–Crippen LogP) is 1.47. The zero-order valence-corrected chi connectivity index (χ0v) is 12.0. The standard InChI is InChI=1S/C13H21N5O/c1-10(7-19-4)5-6-17(2)12-11-13(15-8-14-12)18(3)9-16-11/h8-10H,5-7H2,1-4H3. The van der Waals surface area contributed by atoms with E-state index in [1.165, 1.54) is 0 Å². The van der Waals surface area contributed by atoms with Gasteiger partial charge in [0.15, 0.2) is 17.0 Å². The van der Waals surface area contributed by atoms with E-state index in [2.05, 4.69) is 26.8 Å². The second-order valence-electron chi connectivity index (χ2n) is 5.00. The number of imidazole rings is 1. The Morgan fingerprint density at radius 2 is 2.16 bits per heavy atom. The fraction of sp³-hybridized carbons (Fsp3) is 0.615. The maximum atomic E-state index is 5.16. The molecule has 104 valence electrons. The minimum Gasteiger partial charge on any atom is -0.384 e. The molecule has 0 radical (unpaired) electrons. The van der Waals surface area contributed by atoms with Crippen LogP contribution in [0.15, 0.2) is 12.7 Å². The van der Waals surface area contributed by atoms with E-state index < -0.39 is 0 Å². The normalized spacial score (nSPS) is 12.8. The van der Waals surface area contributed by atoms with E-state index in [-0.39, 0.29) is 0 Å². The average Bonchev–Trinajstić information content (AvgIpc) is 2.78. The van der Waals surface area contributed by atoms with Crippen LogP contribution in [0.5, 0.6) is 0 Å². The Hall–Kier alpha value is -1.69. The summed E-state index contributed by atoms with van der Waals surface area (Å²) in [5.74, 6) is 1.42. The third-order valence-corrected chi connectivity index (χ3v) is 3.25. The molecule has 1 unspecified atom stereocenters. The molecular weight excluding hydrogens is 242 g/mol. The predicted molar refractivity (Wildman–Crippen MR) is 75.2 cm³/mol. The van der Waals surface area contributed by atoms with Crippen molar-refractivity contribution in [2.45, 2.75) is 13.3 Å². The van der Waals surface area contributed by atoms with Crippen molar-refractivity contribution in [1.82, 2.24) is 19.5 Å². The first-order chi connectivity index (χ1) is 9.13. The molecule has 6 heteroatoms. The highest BCUT2D eigenvalue weighted by Gasteiger charge is 2.13. The number of aromatic nitrogens is 4. The Kier molecular flexibility index (Phi) is 4.31. The Morgan fingerprint density at radius 1 is 1.37 bits per heavy atom. The molecule has 0 saturated carbocycles. The Bertz CT molecular complexity index is 539. The van der Waals surface area contributed by atoms with Gasteiger partial charge >= 0.3 is 0 Å². The first-order valence-electron chi connectivity index (χ1n) is 6.45. The molecule has 0 bridgehead atoms. The molecule has 0 aliphatic rings. The maximum absolute atomic E-state index is 5.16. The van der Waals surface area contributed by atoms with E-state index in [1.54, 1.807) is 19.8 Å². The maximum Gasteiger partial charge on any atom is 0.165 e. The van der Waals surface area contributed by atoms with Crippen LogP contribution in [0.1, 0.15) is 13.3 Å². The van der Waals surface area contributed by atoms with Gasteiger partial charge in [-0.2, -0.15) is 0 Å². The summed E-state index contributed by atoms with van der Waals surface area (Å²) in [6.07, 6.45) is 4.42. The van der Waals surface area contributed by atoms with Gasteiger partial charge in [0.1, 0.15) is 6.33 Å². The Morgan fingerprint density at radius 3 is 2.89 bits per heavy atom. The van der Waals surface area contributed by atoms with Crippen molar-refractivity contribution in [3.8, 4) is 0 Å². The zero-order valence-electron chi connectivity index (χ0n) is 12.0. The number of anilines is 1. The van der Waals surface area contributed by atoms with Crippen LogP contribution in [0.2, 0.25) is 0 Å². The second kappa shape index (κ2) is 5.97. The van der Waals surface area contributed by atoms with Crippen LogP contribution in [-0.2, 0) is 11.8 Å². The summed E-state index contributed by atoms with van der Waals surface area (Å²) < 4.78 is 7.06. The molecule has 2 rings (SSSR count). The first-order valence-corrected chi connectivity index (χ1v) is 6.45. The molecule has 1 atom stereocenters. The molecule has 0 amide bonds.